The Kier molecular flexibility index (Phi) is 7.89. The molecule has 1 unspecified atom stereocenters. The second-order valence-electron chi connectivity index (χ2n) is 7.06. The van der Waals surface area contributed by atoms with Crippen LogP contribution < -0.4 is 20.1 Å². The maximum absolute atomic E-state index is 11.5. The molecule has 0 radical (unpaired) electrons. The molecular formula is C18H32N4O3S. The Labute approximate surface area is 157 Å². The number of benzene rings is 1. The van der Waals surface area contributed by atoms with E-state index >= 15 is 0 Å². The summed E-state index contributed by atoms with van der Waals surface area (Å²) in [5.74, 6) is 1.43. The predicted molar refractivity (Wildman–Crippen MR) is 107 cm³/mol. The molecule has 1 aromatic carbocycles. The van der Waals surface area contributed by atoms with Crippen molar-refractivity contribution in [3.63, 3.8) is 0 Å². The normalized spacial score (nSPS) is 14.0. The largest absolute Gasteiger partial charge is 0.496 e. The Morgan fingerprint density at radius 1 is 1.35 bits per heavy atom. The van der Waals surface area contributed by atoms with E-state index < -0.39 is 15.6 Å². The monoisotopic (exact) mass is 384 g/mol. The fourth-order valence-corrected chi connectivity index (χ4v) is 3.67. The van der Waals surface area contributed by atoms with E-state index in [0.29, 0.717) is 19.0 Å². The zero-order valence-corrected chi connectivity index (χ0v) is 17.6. The lowest BCUT2D eigenvalue weighted by Gasteiger charge is -2.25. The van der Waals surface area contributed by atoms with Gasteiger partial charge >= 0.3 is 0 Å². The zero-order valence-electron chi connectivity index (χ0n) is 16.8. The van der Waals surface area contributed by atoms with E-state index in [2.05, 4.69) is 26.4 Å². The molecule has 0 amide bonds. The van der Waals surface area contributed by atoms with Gasteiger partial charge < -0.3 is 15.4 Å². The lowest BCUT2D eigenvalue weighted by Crippen LogP contribution is -2.47. The first-order valence-corrected chi connectivity index (χ1v) is 10.5. The summed E-state index contributed by atoms with van der Waals surface area (Å²) >= 11 is 0. The molecular weight excluding hydrogens is 352 g/mol. The average molecular weight is 385 g/mol. The maximum atomic E-state index is 11.5. The number of methoxy groups -OCH3 is 1. The molecule has 0 spiro atoms. The number of hydrogen-bond acceptors (Lipinski definition) is 4. The van der Waals surface area contributed by atoms with Gasteiger partial charge in [-0.3, -0.25) is 4.99 Å². The van der Waals surface area contributed by atoms with E-state index in [9.17, 15) is 8.42 Å². The summed E-state index contributed by atoms with van der Waals surface area (Å²) in [6.45, 7) is 10.6. The van der Waals surface area contributed by atoms with E-state index in [0.717, 1.165) is 23.1 Å². The Morgan fingerprint density at radius 2 is 2.00 bits per heavy atom. The van der Waals surface area contributed by atoms with Gasteiger partial charge in [0.05, 0.1) is 26.0 Å². The van der Waals surface area contributed by atoms with Crippen LogP contribution in [0, 0.1) is 6.92 Å². The number of sulfonamides is 1. The highest BCUT2D eigenvalue weighted by Gasteiger charge is 2.22. The summed E-state index contributed by atoms with van der Waals surface area (Å²) in [5, 5.41) is 6.54. The van der Waals surface area contributed by atoms with Crippen LogP contribution in [0.4, 0.5) is 0 Å². The van der Waals surface area contributed by atoms with Crippen LogP contribution >= 0.6 is 0 Å². The van der Waals surface area contributed by atoms with Gasteiger partial charge in [-0.05, 0) is 40.7 Å². The van der Waals surface area contributed by atoms with Crippen LogP contribution in [0.1, 0.15) is 44.9 Å². The third kappa shape index (κ3) is 7.61. The third-order valence-corrected chi connectivity index (χ3v) is 4.57. The number of aryl methyl sites for hydroxylation is 1. The first-order chi connectivity index (χ1) is 12.0. The van der Waals surface area contributed by atoms with Crippen LogP contribution in [-0.4, -0.2) is 46.4 Å². The van der Waals surface area contributed by atoms with Crippen LogP contribution in [0.5, 0.6) is 5.75 Å². The molecule has 1 rings (SSSR count). The summed E-state index contributed by atoms with van der Waals surface area (Å²) < 4.78 is 31.0. The van der Waals surface area contributed by atoms with Crippen molar-refractivity contribution in [2.24, 2.45) is 4.99 Å². The van der Waals surface area contributed by atoms with Gasteiger partial charge in [-0.15, -0.1) is 0 Å². The van der Waals surface area contributed by atoms with Gasteiger partial charge in [-0.2, -0.15) is 0 Å². The topological polar surface area (TPSA) is 91.8 Å². The van der Waals surface area contributed by atoms with Crippen LogP contribution in [0.25, 0.3) is 0 Å². The minimum Gasteiger partial charge on any atom is -0.496 e. The molecule has 7 nitrogen and oxygen atoms in total. The molecule has 8 heteroatoms. The van der Waals surface area contributed by atoms with Crippen molar-refractivity contribution >= 4 is 16.0 Å². The molecule has 0 bridgehead atoms. The molecule has 1 atom stereocenters. The maximum Gasteiger partial charge on any atom is 0.209 e. The van der Waals surface area contributed by atoms with E-state index in [4.69, 9.17) is 4.74 Å². The second kappa shape index (κ2) is 9.23. The molecule has 0 heterocycles. The van der Waals surface area contributed by atoms with Crippen molar-refractivity contribution < 1.29 is 13.2 Å². The molecule has 148 valence electrons. The van der Waals surface area contributed by atoms with Crippen LogP contribution in [-0.2, 0) is 10.0 Å². The fourth-order valence-electron chi connectivity index (χ4n) is 2.61. The molecule has 0 aliphatic heterocycles. The quantitative estimate of drug-likeness (QED) is 0.471. The van der Waals surface area contributed by atoms with Crippen molar-refractivity contribution in [2.45, 2.75) is 46.2 Å². The van der Waals surface area contributed by atoms with E-state index in [-0.39, 0.29) is 6.04 Å². The zero-order chi connectivity index (χ0) is 20.0. The molecule has 0 aliphatic carbocycles. The average Bonchev–Trinajstić information content (AvgIpc) is 2.50. The number of hydrogen-bond donors (Lipinski definition) is 3. The van der Waals surface area contributed by atoms with Crippen molar-refractivity contribution in [3.8, 4) is 5.75 Å². The van der Waals surface area contributed by atoms with Gasteiger partial charge in [0, 0.05) is 17.6 Å². The van der Waals surface area contributed by atoms with Crippen molar-refractivity contribution in [3.05, 3.63) is 29.3 Å². The predicted octanol–water partition coefficient (Wildman–Crippen LogP) is 1.95. The van der Waals surface area contributed by atoms with Crippen LogP contribution in [0.3, 0.4) is 0 Å². The highest BCUT2D eigenvalue weighted by Crippen LogP contribution is 2.25. The molecule has 26 heavy (non-hydrogen) atoms. The molecule has 0 aliphatic rings. The lowest BCUT2D eigenvalue weighted by atomic mass is 10.0. The Hall–Kier alpha value is -1.80. The van der Waals surface area contributed by atoms with Crippen LogP contribution in [0.15, 0.2) is 23.2 Å². The summed E-state index contributed by atoms with van der Waals surface area (Å²) in [4.78, 5) is 4.54. The molecule has 3 N–H and O–H groups in total. The number of aliphatic imine (C=N–C) groups is 1. The molecule has 0 fully saturated rings. The number of rotatable bonds is 8. The Balaban J connectivity index is 2.95. The van der Waals surface area contributed by atoms with Gasteiger partial charge in [-0.25, -0.2) is 13.1 Å². The Bertz CT molecular complexity index is 730. The summed E-state index contributed by atoms with van der Waals surface area (Å²) in [5.41, 5.74) is 1.50. The summed E-state index contributed by atoms with van der Waals surface area (Å²) in [6.07, 6.45) is 1.15. The van der Waals surface area contributed by atoms with Crippen molar-refractivity contribution in [1.82, 2.24) is 15.4 Å². The smallest absolute Gasteiger partial charge is 0.209 e. The van der Waals surface area contributed by atoms with Gasteiger partial charge in [0.25, 0.3) is 0 Å². The number of nitrogens with one attached hydrogen (secondary N) is 3. The highest BCUT2D eigenvalue weighted by atomic mass is 32.2. The second-order valence-corrected chi connectivity index (χ2v) is 8.81. The van der Waals surface area contributed by atoms with Gasteiger partial charge in [0.1, 0.15) is 5.75 Å². The fraction of sp³-hybridized carbons (Fsp3) is 0.611. The molecule has 0 saturated carbocycles. The SMILES string of the molecule is CCNC(=NCC(C)(C)NS(C)(=O)=O)NC(C)c1cc(C)ccc1OC. The molecule has 0 saturated heterocycles. The molecule has 0 aromatic heterocycles. The Morgan fingerprint density at radius 3 is 2.54 bits per heavy atom. The van der Waals surface area contributed by atoms with Crippen molar-refractivity contribution in [2.75, 3.05) is 26.5 Å². The van der Waals surface area contributed by atoms with Gasteiger partial charge in [0.2, 0.25) is 10.0 Å². The number of guanidine groups is 1. The van der Waals surface area contributed by atoms with E-state index in [1.165, 1.54) is 0 Å². The van der Waals surface area contributed by atoms with E-state index in [1.54, 1.807) is 21.0 Å². The number of nitrogens with zero attached hydrogens (tertiary/aromatic N) is 1. The lowest BCUT2D eigenvalue weighted by molar-refractivity contribution is 0.405. The summed E-state index contributed by atoms with van der Waals surface area (Å²) in [7, 11) is -1.65. The minimum atomic E-state index is -3.30. The third-order valence-electron chi connectivity index (χ3n) is 3.64. The molecule has 1 aromatic rings. The number of ether oxygens (including phenoxy) is 1. The first-order valence-electron chi connectivity index (χ1n) is 8.65. The van der Waals surface area contributed by atoms with Crippen molar-refractivity contribution in [1.29, 1.82) is 0 Å². The van der Waals surface area contributed by atoms with Crippen LogP contribution in [0.2, 0.25) is 0 Å². The van der Waals surface area contributed by atoms with Gasteiger partial charge in [-0.1, -0.05) is 17.7 Å². The standard InChI is InChI=1S/C18H32N4O3S/c1-8-19-17(20-12-18(4,5)22-26(7,23)24)21-14(3)15-11-13(2)9-10-16(15)25-6/h9-11,14,22H,8,12H2,1-7H3,(H2,19,20,21). The first kappa shape index (κ1) is 22.2. The van der Waals surface area contributed by atoms with E-state index in [1.807, 2.05) is 32.9 Å². The highest BCUT2D eigenvalue weighted by molar-refractivity contribution is 7.88. The minimum absolute atomic E-state index is 0.0337. The van der Waals surface area contributed by atoms with Gasteiger partial charge in [0.15, 0.2) is 5.96 Å². The summed E-state index contributed by atoms with van der Waals surface area (Å²) in [6, 6.07) is 6.00.